The first kappa shape index (κ1) is 15.7. The summed E-state index contributed by atoms with van der Waals surface area (Å²) in [5, 5.41) is 4.08. The van der Waals surface area contributed by atoms with E-state index in [0.29, 0.717) is 5.11 Å². The molecule has 0 spiro atoms. The van der Waals surface area contributed by atoms with Gasteiger partial charge < -0.3 is 10.2 Å². The van der Waals surface area contributed by atoms with Crippen LogP contribution in [0.4, 0.5) is 5.69 Å². The van der Waals surface area contributed by atoms with Crippen LogP contribution in [0.1, 0.15) is 24.0 Å². The van der Waals surface area contributed by atoms with Gasteiger partial charge in [0.15, 0.2) is 5.11 Å². The molecule has 23 heavy (non-hydrogen) atoms. The van der Waals surface area contributed by atoms with Gasteiger partial charge in [-0.05, 0) is 44.1 Å². The van der Waals surface area contributed by atoms with Crippen molar-refractivity contribution in [3.05, 3.63) is 65.7 Å². The smallest absolute Gasteiger partial charge is 0.197 e. The Morgan fingerprint density at radius 3 is 2.30 bits per heavy atom. The van der Waals surface area contributed by atoms with E-state index < -0.39 is 0 Å². The lowest BCUT2D eigenvalue weighted by Crippen LogP contribution is -2.27. The predicted molar refractivity (Wildman–Crippen MR) is 101 cm³/mol. The molecule has 0 unspecified atom stereocenters. The van der Waals surface area contributed by atoms with Crippen LogP contribution in [-0.2, 0) is 0 Å². The first-order chi connectivity index (χ1) is 11.2. The molecule has 1 fully saturated rings. The molecular formula is C19H21N3S. The molecular weight excluding hydrogens is 302 g/mol. The fraction of sp³-hybridized carbons (Fsp3) is 0.263. The van der Waals surface area contributed by atoms with Crippen LogP contribution < -0.4 is 5.32 Å². The minimum Gasteiger partial charge on any atom is -0.347 e. The molecule has 0 bridgehead atoms. The number of likely N-dealkylation sites (tertiary alicyclic amines) is 1. The second-order valence-electron chi connectivity index (χ2n) is 5.79. The number of aliphatic imine (C=N–C) groups is 1. The van der Waals surface area contributed by atoms with Crippen molar-refractivity contribution < 1.29 is 0 Å². The zero-order valence-corrected chi connectivity index (χ0v) is 14.1. The molecule has 0 aliphatic carbocycles. The molecule has 2 aromatic rings. The lowest BCUT2D eigenvalue weighted by molar-refractivity contribution is 0.524. The van der Waals surface area contributed by atoms with Gasteiger partial charge in [-0.25, -0.2) is 4.99 Å². The molecule has 0 atom stereocenters. The summed E-state index contributed by atoms with van der Waals surface area (Å²) in [5.41, 5.74) is 3.29. The molecule has 1 N–H and O–H groups in total. The first-order valence-corrected chi connectivity index (χ1v) is 8.40. The largest absolute Gasteiger partial charge is 0.347 e. The Balaban J connectivity index is 1.87. The molecule has 0 radical (unpaired) electrons. The minimum atomic E-state index is 0.668. The van der Waals surface area contributed by atoms with E-state index in [0.717, 1.165) is 30.2 Å². The van der Waals surface area contributed by atoms with E-state index in [1.165, 1.54) is 18.4 Å². The SMILES string of the molecule is Cc1ccc(N/C(=N\C(=S)N2CCCC2)c2ccccc2)cc1. The average molecular weight is 323 g/mol. The van der Waals surface area contributed by atoms with Gasteiger partial charge in [0.05, 0.1) is 0 Å². The lowest BCUT2D eigenvalue weighted by Gasteiger charge is -2.17. The fourth-order valence-electron chi connectivity index (χ4n) is 2.61. The van der Waals surface area contributed by atoms with Crippen LogP contribution in [0.2, 0.25) is 0 Å². The van der Waals surface area contributed by atoms with Gasteiger partial charge in [-0.3, -0.25) is 0 Å². The molecule has 4 heteroatoms. The second-order valence-corrected chi connectivity index (χ2v) is 6.16. The van der Waals surface area contributed by atoms with Gasteiger partial charge in [0.25, 0.3) is 0 Å². The molecule has 1 aliphatic heterocycles. The van der Waals surface area contributed by atoms with Gasteiger partial charge in [0.2, 0.25) is 0 Å². The molecule has 0 aromatic heterocycles. The van der Waals surface area contributed by atoms with Crippen LogP contribution in [-0.4, -0.2) is 28.9 Å². The standard InChI is InChI=1S/C19H21N3S/c1-15-9-11-17(12-10-15)20-18(16-7-3-2-4-8-16)21-19(23)22-13-5-6-14-22/h2-4,7-12H,5-6,13-14H2,1H3,(H,20,21,23). The number of nitrogens with zero attached hydrogens (tertiary/aromatic N) is 2. The minimum absolute atomic E-state index is 0.668. The Morgan fingerprint density at radius 1 is 1.00 bits per heavy atom. The summed E-state index contributed by atoms with van der Waals surface area (Å²) in [6, 6.07) is 18.4. The van der Waals surface area contributed by atoms with E-state index in [9.17, 15) is 0 Å². The molecule has 118 valence electrons. The van der Waals surface area contributed by atoms with Crippen molar-refractivity contribution >= 4 is 28.9 Å². The molecule has 2 aromatic carbocycles. The highest BCUT2D eigenvalue weighted by molar-refractivity contribution is 7.80. The number of aryl methyl sites for hydroxylation is 1. The van der Waals surface area contributed by atoms with Crippen molar-refractivity contribution in [2.45, 2.75) is 19.8 Å². The third kappa shape index (κ3) is 4.17. The van der Waals surface area contributed by atoms with Gasteiger partial charge in [0.1, 0.15) is 5.84 Å². The summed E-state index contributed by atoms with van der Waals surface area (Å²) in [5.74, 6) is 0.798. The fourth-order valence-corrected chi connectivity index (χ4v) is 2.88. The van der Waals surface area contributed by atoms with Gasteiger partial charge >= 0.3 is 0 Å². The molecule has 1 saturated heterocycles. The normalized spacial score (nSPS) is 14.8. The Labute approximate surface area is 143 Å². The van der Waals surface area contributed by atoms with Gasteiger partial charge in [-0.2, -0.15) is 0 Å². The van der Waals surface area contributed by atoms with Crippen molar-refractivity contribution in [3.8, 4) is 0 Å². The molecule has 3 rings (SSSR count). The number of hydrogen-bond donors (Lipinski definition) is 1. The zero-order chi connectivity index (χ0) is 16.1. The number of anilines is 1. The van der Waals surface area contributed by atoms with E-state index in [4.69, 9.17) is 17.2 Å². The lowest BCUT2D eigenvalue weighted by atomic mass is 10.2. The van der Waals surface area contributed by atoms with Crippen LogP contribution in [0, 0.1) is 6.92 Å². The van der Waals surface area contributed by atoms with Gasteiger partial charge in [0, 0.05) is 24.3 Å². The number of amidine groups is 1. The topological polar surface area (TPSA) is 27.6 Å². The number of hydrogen-bond acceptors (Lipinski definition) is 1. The Kier molecular flexibility index (Phi) is 5.03. The zero-order valence-electron chi connectivity index (χ0n) is 13.3. The summed E-state index contributed by atoms with van der Waals surface area (Å²) in [4.78, 5) is 6.89. The van der Waals surface area contributed by atoms with E-state index in [1.54, 1.807) is 0 Å². The third-order valence-electron chi connectivity index (χ3n) is 3.95. The predicted octanol–water partition coefficient (Wildman–Crippen LogP) is 4.23. The van der Waals surface area contributed by atoms with Crippen molar-refractivity contribution in [1.29, 1.82) is 0 Å². The summed E-state index contributed by atoms with van der Waals surface area (Å²) in [6.07, 6.45) is 2.39. The molecule has 0 saturated carbocycles. The Bertz CT molecular complexity index is 686. The molecule has 1 aliphatic rings. The quantitative estimate of drug-likeness (QED) is 0.509. The number of rotatable bonds is 2. The summed E-state index contributed by atoms with van der Waals surface area (Å²) in [6.45, 7) is 4.10. The van der Waals surface area contributed by atoms with Gasteiger partial charge in [-0.15, -0.1) is 0 Å². The van der Waals surface area contributed by atoms with Crippen LogP contribution in [0.15, 0.2) is 59.6 Å². The van der Waals surface area contributed by atoms with Crippen molar-refractivity contribution in [2.75, 3.05) is 18.4 Å². The van der Waals surface area contributed by atoms with Crippen molar-refractivity contribution in [1.82, 2.24) is 4.90 Å². The van der Waals surface area contributed by atoms with Crippen molar-refractivity contribution in [2.24, 2.45) is 4.99 Å². The maximum absolute atomic E-state index is 5.53. The highest BCUT2D eigenvalue weighted by atomic mass is 32.1. The van der Waals surface area contributed by atoms with Crippen LogP contribution in [0.25, 0.3) is 0 Å². The molecule has 1 heterocycles. The van der Waals surface area contributed by atoms with Gasteiger partial charge in [-0.1, -0.05) is 48.0 Å². The summed E-state index contributed by atoms with van der Waals surface area (Å²) < 4.78 is 0. The van der Waals surface area contributed by atoms with Crippen LogP contribution in [0.3, 0.4) is 0 Å². The molecule has 3 nitrogen and oxygen atoms in total. The Hall–Kier alpha value is -2.20. The van der Waals surface area contributed by atoms with E-state index in [1.807, 2.05) is 30.3 Å². The Morgan fingerprint density at radius 2 is 1.65 bits per heavy atom. The summed E-state index contributed by atoms with van der Waals surface area (Å²) in [7, 11) is 0. The summed E-state index contributed by atoms with van der Waals surface area (Å²) >= 11 is 5.53. The van der Waals surface area contributed by atoms with E-state index in [-0.39, 0.29) is 0 Å². The molecule has 0 amide bonds. The highest BCUT2D eigenvalue weighted by Gasteiger charge is 2.15. The maximum Gasteiger partial charge on any atom is 0.197 e. The number of nitrogens with one attached hydrogen (secondary N) is 1. The highest BCUT2D eigenvalue weighted by Crippen LogP contribution is 2.14. The van der Waals surface area contributed by atoms with Crippen LogP contribution in [0.5, 0.6) is 0 Å². The van der Waals surface area contributed by atoms with E-state index in [2.05, 4.69) is 41.4 Å². The third-order valence-corrected chi connectivity index (χ3v) is 4.30. The average Bonchev–Trinajstić information content (AvgIpc) is 3.12. The van der Waals surface area contributed by atoms with E-state index >= 15 is 0 Å². The van der Waals surface area contributed by atoms with Crippen LogP contribution >= 0.6 is 12.2 Å². The monoisotopic (exact) mass is 323 g/mol. The number of thiocarbonyl (C=S) groups is 1. The first-order valence-electron chi connectivity index (χ1n) is 7.99. The second kappa shape index (κ2) is 7.38. The number of benzene rings is 2. The maximum atomic E-state index is 5.53. The van der Waals surface area contributed by atoms with Crippen molar-refractivity contribution in [3.63, 3.8) is 0 Å².